The van der Waals surface area contributed by atoms with Crippen molar-refractivity contribution in [2.75, 3.05) is 11.9 Å². The molecule has 1 aromatic carbocycles. The van der Waals surface area contributed by atoms with E-state index in [9.17, 15) is 14.5 Å². The summed E-state index contributed by atoms with van der Waals surface area (Å²) in [5.74, 6) is -0.585. The summed E-state index contributed by atoms with van der Waals surface area (Å²) in [6, 6.07) is 3.56. The zero-order chi connectivity index (χ0) is 13.4. The second-order valence-electron chi connectivity index (χ2n) is 4.30. The number of hydrogen-bond donors (Lipinski definition) is 1. The molecule has 0 unspecified atom stereocenters. The second-order valence-corrected chi connectivity index (χ2v) is 4.30. The molecule has 0 amide bonds. The van der Waals surface area contributed by atoms with E-state index in [0.717, 1.165) is 18.9 Å². The molecule has 0 bridgehead atoms. The molecule has 5 heteroatoms. The van der Waals surface area contributed by atoms with Gasteiger partial charge < -0.3 is 5.32 Å². The van der Waals surface area contributed by atoms with Crippen LogP contribution >= 0.6 is 0 Å². The molecule has 1 aromatic rings. The molecule has 0 saturated heterocycles. The number of nitrogens with one attached hydrogen (secondary N) is 1. The number of non-ortho nitro benzene ring substituents is 1. The standard InChI is InChI=1S/C13H19FN2O2/c1-2-3-4-5-6-7-15-12-8-11(14)9-13(10-12)16(17)18/h8-10,15H,2-7H2,1H3. The van der Waals surface area contributed by atoms with Crippen LogP contribution in [0.3, 0.4) is 0 Å². The van der Waals surface area contributed by atoms with E-state index in [2.05, 4.69) is 12.2 Å². The first-order valence-corrected chi connectivity index (χ1v) is 6.32. The smallest absolute Gasteiger partial charge is 0.274 e. The largest absolute Gasteiger partial charge is 0.385 e. The molecule has 0 aliphatic rings. The Balaban J connectivity index is 2.40. The van der Waals surface area contributed by atoms with Crippen LogP contribution in [0.25, 0.3) is 0 Å². The Morgan fingerprint density at radius 1 is 1.22 bits per heavy atom. The first-order valence-electron chi connectivity index (χ1n) is 6.32. The lowest BCUT2D eigenvalue weighted by atomic mass is 10.1. The van der Waals surface area contributed by atoms with Gasteiger partial charge in [0.25, 0.3) is 5.69 Å². The van der Waals surface area contributed by atoms with Crippen molar-refractivity contribution in [2.24, 2.45) is 0 Å². The number of anilines is 1. The Bertz CT molecular complexity index is 397. The summed E-state index contributed by atoms with van der Waals surface area (Å²) in [4.78, 5) is 9.98. The molecular weight excluding hydrogens is 235 g/mol. The molecule has 0 fully saturated rings. The molecule has 18 heavy (non-hydrogen) atoms. The van der Waals surface area contributed by atoms with Gasteiger partial charge in [-0.1, -0.05) is 32.6 Å². The van der Waals surface area contributed by atoms with Crippen LogP contribution in [0.4, 0.5) is 15.8 Å². The van der Waals surface area contributed by atoms with Gasteiger partial charge in [0.1, 0.15) is 5.82 Å². The van der Waals surface area contributed by atoms with E-state index in [1.54, 1.807) is 0 Å². The van der Waals surface area contributed by atoms with Gasteiger partial charge in [0.2, 0.25) is 0 Å². The third kappa shape index (κ3) is 5.12. The van der Waals surface area contributed by atoms with Crippen LogP contribution in [0, 0.1) is 15.9 Å². The fourth-order valence-corrected chi connectivity index (χ4v) is 1.74. The maximum Gasteiger partial charge on any atom is 0.274 e. The van der Waals surface area contributed by atoms with Gasteiger partial charge >= 0.3 is 0 Å². The van der Waals surface area contributed by atoms with E-state index in [4.69, 9.17) is 0 Å². The molecule has 1 N–H and O–H groups in total. The van der Waals surface area contributed by atoms with Gasteiger partial charge in [-0.3, -0.25) is 10.1 Å². The van der Waals surface area contributed by atoms with Gasteiger partial charge in [0, 0.05) is 18.3 Å². The number of unbranched alkanes of at least 4 members (excludes halogenated alkanes) is 4. The average molecular weight is 254 g/mol. The maximum atomic E-state index is 13.1. The fourth-order valence-electron chi connectivity index (χ4n) is 1.74. The maximum absolute atomic E-state index is 13.1. The van der Waals surface area contributed by atoms with Crippen molar-refractivity contribution in [1.82, 2.24) is 0 Å². The number of nitro benzene ring substituents is 1. The highest BCUT2D eigenvalue weighted by molar-refractivity contribution is 5.51. The molecule has 0 heterocycles. The van der Waals surface area contributed by atoms with Crippen molar-refractivity contribution in [3.8, 4) is 0 Å². The highest BCUT2D eigenvalue weighted by Crippen LogP contribution is 2.20. The van der Waals surface area contributed by atoms with Gasteiger partial charge in [0.15, 0.2) is 0 Å². The summed E-state index contributed by atoms with van der Waals surface area (Å²) in [7, 11) is 0. The number of nitrogens with zero attached hydrogens (tertiary/aromatic N) is 1. The fraction of sp³-hybridized carbons (Fsp3) is 0.538. The van der Waals surface area contributed by atoms with Crippen LogP contribution in [-0.2, 0) is 0 Å². The third-order valence-corrected chi connectivity index (χ3v) is 2.70. The molecule has 0 atom stereocenters. The van der Waals surface area contributed by atoms with Crippen molar-refractivity contribution in [1.29, 1.82) is 0 Å². The Morgan fingerprint density at radius 3 is 2.61 bits per heavy atom. The lowest BCUT2D eigenvalue weighted by Gasteiger charge is -2.06. The van der Waals surface area contributed by atoms with Crippen LogP contribution in [0.5, 0.6) is 0 Å². The Morgan fingerprint density at radius 2 is 1.94 bits per heavy atom. The summed E-state index contributed by atoms with van der Waals surface area (Å²) in [5, 5.41) is 13.6. The van der Waals surface area contributed by atoms with Crippen LogP contribution in [-0.4, -0.2) is 11.5 Å². The monoisotopic (exact) mass is 254 g/mol. The highest BCUT2D eigenvalue weighted by Gasteiger charge is 2.09. The van der Waals surface area contributed by atoms with Gasteiger partial charge in [-0.2, -0.15) is 0 Å². The molecule has 0 saturated carbocycles. The van der Waals surface area contributed by atoms with Gasteiger partial charge in [0.05, 0.1) is 11.0 Å². The lowest BCUT2D eigenvalue weighted by molar-refractivity contribution is -0.385. The van der Waals surface area contributed by atoms with E-state index in [-0.39, 0.29) is 5.69 Å². The minimum Gasteiger partial charge on any atom is -0.385 e. The first kappa shape index (κ1) is 14.4. The van der Waals surface area contributed by atoms with Crippen molar-refractivity contribution in [2.45, 2.75) is 39.0 Å². The zero-order valence-corrected chi connectivity index (χ0v) is 10.6. The summed E-state index contributed by atoms with van der Waals surface area (Å²) < 4.78 is 13.1. The Labute approximate surface area is 106 Å². The molecule has 4 nitrogen and oxygen atoms in total. The topological polar surface area (TPSA) is 55.2 Å². The normalized spacial score (nSPS) is 10.3. The third-order valence-electron chi connectivity index (χ3n) is 2.70. The number of hydrogen-bond acceptors (Lipinski definition) is 3. The minimum atomic E-state index is -0.588. The summed E-state index contributed by atoms with van der Waals surface area (Å²) >= 11 is 0. The van der Waals surface area contributed by atoms with Gasteiger partial charge in [-0.15, -0.1) is 0 Å². The van der Waals surface area contributed by atoms with Gasteiger partial charge in [-0.25, -0.2) is 4.39 Å². The molecule has 1 rings (SSSR count). The minimum absolute atomic E-state index is 0.219. The van der Waals surface area contributed by atoms with Crippen LogP contribution in [0.2, 0.25) is 0 Å². The summed E-state index contributed by atoms with van der Waals surface area (Å²) in [6.45, 7) is 2.87. The number of rotatable bonds is 8. The predicted molar refractivity (Wildman–Crippen MR) is 70.3 cm³/mol. The molecule has 0 aromatic heterocycles. The van der Waals surface area contributed by atoms with E-state index >= 15 is 0 Å². The van der Waals surface area contributed by atoms with E-state index in [0.29, 0.717) is 12.2 Å². The van der Waals surface area contributed by atoms with Gasteiger partial charge in [-0.05, 0) is 12.5 Å². The molecule has 0 aliphatic carbocycles. The molecule has 0 aliphatic heterocycles. The highest BCUT2D eigenvalue weighted by atomic mass is 19.1. The number of nitro groups is 1. The molecular formula is C13H19FN2O2. The van der Waals surface area contributed by atoms with Crippen molar-refractivity contribution < 1.29 is 9.31 Å². The number of halogens is 1. The molecule has 100 valence electrons. The van der Waals surface area contributed by atoms with Crippen molar-refractivity contribution in [3.05, 3.63) is 34.1 Å². The Kier molecular flexibility index (Phi) is 6.11. The Hall–Kier alpha value is -1.65. The molecule has 0 spiro atoms. The lowest BCUT2D eigenvalue weighted by Crippen LogP contribution is -2.02. The van der Waals surface area contributed by atoms with E-state index < -0.39 is 10.7 Å². The number of benzene rings is 1. The van der Waals surface area contributed by atoms with Crippen LogP contribution < -0.4 is 5.32 Å². The van der Waals surface area contributed by atoms with E-state index in [1.165, 1.54) is 31.4 Å². The van der Waals surface area contributed by atoms with Crippen molar-refractivity contribution in [3.63, 3.8) is 0 Å². The first-order chi connectivity index (χ1) is 8.63. The van der Waals surface area contributed by atoms with Crippen LogP contribution in [0.15, 0.2) is 18.2 Å². The van der Waals surface area contributed by atoms with Crippen molar-refractivity contribution >= 4 is 11.4 Å². The second kappa shape index (κ2) is 7.63. The quantitative estimate of drug-likeness (QED) is 0.431. The zero-order valence-electron chi connectivity index (χ0n) is 10.6. The average Bonchev–Trinajstić information content (AvgIpc) is 2.33. The van der Waals surface area contributed by atoms with Crippen LogP contribution in [0.1, 0.15) is 39.0 Å². The summed E-state index contributed by atoms with van der Waals surface area (Å²) in [5.41, 5.74) is 0.251. The van der Waals surface area contributed by atoms with E-state index in [1.807, 2.05) is 0 Å². The summed E-state index contributed by atoms with van der Waals surface area (Å²) in [6.07, 6.45) is 5.74. The molecule has 0 radical (unpaired) electrons. The SMILES string of the molecule is CCCCCCCNc1cc(F)cc([N+](=O)[O-])c1. The predicted octanol–water partition coefficient (Wildman–Crippen LogP) is 4.12.